The monoisotopic (exact) mass is 209 g/mol. The van der Waals surface area contributed by atoms with E-state index < -0.39 is 0 Å². The molecule has 0 fully saturated rings. The lowest BCUT2D eigenvalue weighted by molar-refractivity contribution is 0.236. The summed E-state index contributed by atoms with van der Waals surface area (Å²) in [5, 5.41) is 1.62. The smallest absolute Gasteiger partial charge is 0.225 e. The van der Waals surface area contributed by atoms with Gasteiger partial charge in [0, 0.05) is 0 Å². The average molecular weight is 209 g/mol. The van der Waals surface area contributed by atoms with Crippen molar-refractivity contribution in [2.75, 3.05) is 5.73 Å². The lowest BCUT2D eigenvalue weighted by atomic mass is 10.4. The topological polar surface area (TPSA) is 61.0 Å². The Bertz CT molecular complexity index is 452. The molecule has 0 aromatic carbocycles. The van der Waals surface area contributed by atoms with Gasteiger partial charge in [-0.3, -0.25) is 0 Å². The summed E-state index contributed by atoms with van der Waals surface area (Å²) in [6.45, 7) is 3.92. The molecule has 74 valence electrons. The number of aromatic nitrogens is 2. The standard InChI is InChI=1S/C9H11N3OS/c1-5(2)13-8-6-3-7(10)14-9(6)12-4-11-8/h3-5H,10H2,1-2H3. The molecule has 0 amide bonds. The number of nitrogens with zero attached hydrogens (tertiary/aromatic N) is 2. The molecule has 0 atom stereocenters. The first-order valence-electron chi connectivity index (χ1n) is 4.33. The molecular formula is C9H11N3OS. The highest BCUT2D eigenvalue weighted by atomic mass is 32.1. The molecule has 2 heterocycles. The zero-order valence-electron chi connectivity index (χ0n) is 8.02. The molecule has 0 bridgehead atoms. The van der Waals surface area contributed by atoms with E-state index in [0.717, 1.165) is 15.2 Å². The van der Waals surface area contributed by atoms with Gasteiger partial charge in [0.25, 0.3) is 0 Å². The highest BCUT2D eigenvalue weighted by Gasteiger charge is 2.09. The van der Waals surface area contributed by atoms with Crippen LogP contribution < -0.4 is 10.5 Å². The second kappa shape index (κ2) is 3.42. The largest absolute Gasteiger partial charge is 0.474 e. The Kier molecular flexibility index (Phi) is 2.25. The quantitative estimate of drug-likeness (QED) is 0.822. The zero-order valence-corrected chi connectivity index (χ0v) is 8.84. The van der Waals surface area contributed by atoms with E-state index in [1.54, 1.807) is 0 Å². The molecule has 2 rings (SSSR count). The van der Waals surface area contributed by atoms with Gasteiger partial charge >= 0.3 is 0 Å². The van der Waals surface area contributed by atoms with E-state index >= 15 is 0 Å². The van der Waals surface area contributed by atoms with E-state index in [9.17, 15) is 0 Å². The van der Waals surface area contributed by atoms with E-state index in [4.69, 9.17) is 10.5 Å². The van der Waals surface area contributed by atoms with Gasteiger partial charge in [-0.25, -0.2) is 9.97 Å². The molecule has 5 heteroatoms. The molecule has 0 saturated heterocycles. The van der Waals surface area contributed by atoms with E-state index in [1.807, 2.05) is 19.9 Å². The molecule has 2 aromatic heterocycles. The second-order valence-corrected chi connectivity index (χ2v) is 4.28. The molecule has 0 radical (unpaired) electrons. The van der Waals surface area contributed by atoms with E-state index in [1.165, 1.54) is 17.7 Å². The Balaban J connectivity index is 2.53. The van der Waals surface area contributed by atoms with Gasteiger partial charge in [0.1, 0.15) is 11.2 Å². The second-order valence-electron chi connectivity index (χ2n) is 3.21. The predicted molar refractivity (Wildman–Crippen MR) is 57.6 cm³/mol. The van der Waals surface area contributed by atoms with E-state index in [0.29, 0.717) is 5.88 Å². The highest BCUT2D eigenvalue weighted by molar-refractivity contribution is 7.22. The Labute approximate surface area is 85.7 Å². The maximum Gasteiger partial charge on any atom is 0.225 e. The third kappa shape index (κ3) is 1.63. The van der Waals surface area contributed by atoms with Crippen molar-refractivity contribution in [3.8, 4) is 5.88 Å². The van der Waals surface area contributed by atoms with Crippen LogP contribution in [-0.2, 0) is 0 Å². The number of thiophene rings is 1. The molecule has 0 spiro atoms. The van der Waals surface area contributed by atoms with Crippen LogP contribution in [0.3, 0.4) is 0 Å². The maximum absolute atomic E-state index is 5.69. The minimum atomic E-state index is 0.106. The summed E-state index contributed by atoms with van der Waals surface area (Å²) in [4.78, 5) is 9.06. The number of fused-ring (bicyclic) bond motifs is 1. The third-order valence-corrected chi connectivity index (χ3v) is 2.53. The number of nitrogens with two attached hydrogens (primary N) is 1. The summed E-state index contributed by atoms with van der Waals surface area (Å²) in [5.41, 5.74) is 5.69. The summed E-state index contributed by atoms with van der Waals surface area (Å²) in [6.07, 6.45) is 1.60. The molecular weight excluding hydrogens is 198 g/mol. The van der Waals surface area contributed by atoms with Gasteiger partial charge < -0.3 is 10.5 Å². The van der Waals surface area contributed by atoms with Crippen molar-refractivity contribution in [3.05, 3.63) is 12.4 Å². The maximum atomic E-state index is 5.69. The van der Waals surface area contributed by atoms with Crippen molar-refractivity contribution in [1.29, 1.82) is 0 Å². The number of hydrogen-bond acceptors (Lipinski definition) is 5. The Morgan fingerprint density at radius 2 is 2.21 bits per heavy atom. The molecule has 0 aliphatic rings. The Hall–Kier alpha value is -1.36. The minimum Gasteiger partial charge on any atom is -0.474 e. The van der Waals surface area contributed by atoms with Gasteiger partial charge in [-0.05, 0) is 19.9 Å². The summed E-state index contributed by atoms with van der Waals surface area (Å²) in [6, 6.07) is 1.84. The van der Waals surface area contributed by atoms with Crippen LogP contribution in [-0.4, -0.2) is 16.1 Å². The van der Waals surface area contributed by atoms with Gasteiger partial charge in [-0.1, -0.05) is 11.3 Å². The fourth-order valence-corrected chi connectivity index (χ4v) is 1.93. The lowest BCUT2D eigenvalue weighted by Crippen LogP contribution is -2.07. The number of nitrogen functional groups attached to an aromatic ring is 1. The van der Waals surface area contributed by atoms with Crippen LogP contribution in [0, 0.1) is 0 Å². The summed E-state index contributed by atoms with van der Waals surface area (Å²) >= 11 is 1.44. The van der Waals surface area contributed by atoms with Gasteiger partial charge in [0.05, 0.1) is 16.5 Å². The number of hydrogen-bond donors (Lipinski definition) is 1. The third-order valence-electron chi connectivity index (χ3n) is 1.66. The van der Waals surface area contributed by atoms with E-state index in [2.05, 4.69) is 9.97 Å². The molecule has 0 saturated carbocycles. The van der Waals surface area contributed by atoms with Gasteiger partial charge in [0.2, 0.25) is 5.88 Å². The van der Waals surface area contributed by atoms with Crippen molar-refractivity contribution in [1.82, 2.24) is 9.97 Å². The van der Waals surface area contributed by atoms with Crippen LogP contribution in [0.4, 0.5) is 5.00 Å². The summed E-state index contributed by atoms with van der Waals surface area (Å²) in [5.74, 6) is 0.609. The molecule has 0 aliphatic heterocycles. The predicted octanol–water partition coefficient (Wildman–Crippen LogP) is 2.06. The molecule has 2 aromatic rings. The fraction of sp³-hybridized carbons (Fsp3) is 0.333. The van der Waals surface area contributed by atoms with Crippen molar-refractivity contribution in [2.45, 2.75) is 20.0 Å². The fourth-order valence-electron chi connectivity index (χ4n) is 1.17. The molecule has 0 aliphatic carbocycles. The molecule has 4 nitrogen and oxygen atoms in total. The van der Waals surface area contributed by atoms with Gasteiger partial charge in [-0.2, -0.15) is 0 Å². The van der Waals surface area contributed by atoms with Crippen molar-refractivity contribution in [3.63, 3.8) is 0 Å². The lowest BCUT2D eigenvalue weighted by Gasteiger charge is -2.08. The van der Waals surface area contributed by atoms with Crippen LogP contribution in [0.1, 0.15) is 13.8 Å². The zero-order chi connectivity index (χ0) is 10.1. The minimum absolute atomic E-state index is 0.106. The van der Waals surface area contributed by atoms with Gasteiger partial charge in [-0.15, -0.1) is 0 Å². The Morgan fingerprint density at radius 1 is 1.43 bits per heavy atom. The highest BCUT2D eigenvalue weighted by Crippen LogP contribution is 2.31. The first-order chi connectivity index (χ1) is 6.66. The molecule has 0 unspecified atom stereocenters. The SMILES string of the molecule is CC(C)Oc1ncnc2sc(N)cc12. The van der Waals surface area contributed by atoms with Crippen molar-refractivity contribution in [2.24, 2.45) is 0 Å². The van der Waals surface area contributed by atoms with Crippen molar-refractivity contribution < 1.29 is 4.74 Å². The number of rotatable bonds is 2. The Morgan fingerprint density at radius 3 is 2.93 bits per heavy atom. The number of anilines is 1. The van der Waals surface area contributed by atoms with Crippen LogP contribution in [0.5, 0.6) is 5.88 Å². The summed E-state index contributed by atoms with van der Waals surface area (Å²) < 4.78 is 5.54. The first-order valence-corrected chi connectivity index (χ1v) is 5.15. The first kappa shape index (κ1) is 9.21. The number of ether oxygens (including phenoxy) is 1. The normalized spacial score (nSPS) is 11.1. The van der Waals surface area contributed by atoms with E-state index in [-0.39, 0.29) is 6.10 Å². The molecule has 14 heavy (non-hydrogen) atoms. The average Bonchev–Trinajstić information content (AvgIpc) is 2.45. The molecule has 2 N–H and O–H groups in total. The van der Waals surface area contributed by atoms with Crippen LogP contribution in [0.25, 0.3) is 10.2 Å². The van der Waals surface area contributed by atoms with Crippen molar-refractivity contribution >= 4 is 26.6 Å². The van der Waals surface area contributed by atoms with Crippen LogP contribution in [0.15, 0.2) is 12.4 Å². The van der Waals surface area contributed by atoms with Crippen LogP contribution in [0.2, 0.25) is 0 Å². The summed E-state index contributed by atoms with van der Waals surface area (Å²) in [7, 11) is 0. The van der Waals surface area contributed by atoms with Gasteiger partial charge in [0.15, 0.2) is 0 Å². The van der Waals surface area contributed by atoms with Crippen LogP contribution >= 0.6 is 11.3 Å².